The van der Waals surface area contributed by atoms with Crippen LogP contribution in [-0.4, -0.2) is 21.1 Å². The van der Waals surface area contributed by atoms with E-state index in [1.807, 2.05) is 55.7 Å². The zero-order valence-electron chi connectivity index (χ0n) is 14.6. The molecule has 2 aromatic carbocycles. The van der Waals surface area contributed by atoms with E-state index in [4.69, 9.17) is 4.42 Å². The second-order valence-corrected chi connectivity index (χ2v) is 6.01. The van der Waals surface area contributed by atoms with Crippen LogP contribution in [0, 0.1) is 0 Å². The van der Waals surface area contributed by atoms with Crippen LogP contribution in [0.4, 0.5) is 6.01 Å². The van der Waals surface area contributed by atoms with Crippen molar-refractivity contribution >= 4 is 29.3 Å². The monoisotopic (exact) mass is 344 g/mol. The van der Waals surface area contributed by atoms with Crippen molar-refractivity contribution in [2.45, 2.75) is 13.5 Å². The highest BCUT2D eigenvalue weighted by molar-refractivity contribution is 5.79. The van der Waals surface area contributed by atoms with Gasteiger partial charge in [-0.2, -0.15) is 4.98 Å². The summed E-state index contributed by atoms with van der Waals surface area (Å²) in [6, 6.07) is 16.9. The molecule has 0 fully saturated rings. The Kier molecular flexibility index (Phi) is 4.51. The zero-order valence-corrected chi connectivity index (χ0v) is 14.6. The van der Waals surface area contributed by atoms with Gasteiger partial charge in [0.1, 0.15) is 11.3 Å². The molecule has 0 bridgehead atoms. The highest BCUT2D eigenvalue weighted by Gasteiger charge is 2.05. The van der Waals surface area contributed by atoms with E-state index in [-0.39, 0.29) is 0 Å². The lowest BCUT2D eigenvalue weighted by atomic mass is 10.2. The van der Waals surface area contributed by atoms with Gasteiger partial charge in [-0.1, -0.05) is 42.5 Å². The Balaban J connectivity index is 1.55. The van der Waals surface area contributed by atoms with Crippen molar-refractivity contribution in [2.24, 2.45) is 0 Å². The first-order valence-electron chi connectivity index (χ1n) is 8.69. The number of oxazole rings is 1. The molecule has 4 aromatic rings. The smallest absolute Gasteiger partial charge is 0.295 e. The van der Waals surface area contributed by atoms with Crippen LogP contribution in [0.3, 0.4) is 0 Å². The molecule has 5 nitrogen and oxygen atoms in total. The van der Waals surface area contributed by atoms with Crippen molar-refractivity contribution in [3.8, 4) is 0 Å². The molecule has 4 rings (SSSR count). The summed E-state index contributed by atoms with van der Waals surface area (Å²) in [5.41, 5.74) is 3.92. The number of fused-ring (bicyclic) bond motifs is 1. The van der Waals surface area contributed by atoms with Gasteiger partial charge in [-0.25, -0.2) is 4.98 Å². The van der Waals surface area contributed by atoms with Gasteiger partial charge in [0.15, 0.2) is 5.58 Å². The van der Waals surface area contributed by atoms with Gasteiger partial charge in [-0.3, -0.25) is 0 Å². The number of hydrogen-bond donors (Lipinski definition) is 1. The highest BCUT2D eigenvalue weighted by Crippen LogP contribution is 2.21. The van der Waals surface area contributed by atoms with E-state index in [0.29, 0.717) is 6.01 Å². The molecule has 1 N–H and O–H groups in total. The Morgan fingerprint density at radius 3 is 2.85 bits per heavy atom. The number of benzene rings is 2. The molecule has 0 spiro atoms. The molecule has 5 heteroatoms. The fourth-order valence-corrected chi connectivity index (χ4v) is 2.84. The molecular formula is C21H20N4O. The molecule has 0 amide bonds. The zero-order chi connectivity index (χ0) is 17.8. The van der Waals surface area contributed by atoms with Gasteiger partial charge in [0, 0.05) is 25.5 Å². The second-order valence-electron chi connectivity index (χ2n) is 6.01. The minimum Gasteiger partial charge on any atom is -0.424 e. The van der Waals surface area contributed by atoms with Crippen LogP contribution >= 0.6 is 0 Å². The number of imidazole rings is 1. The lowest BCUT2D eigenvalue weighted by molar-refractivity contribution is 0.616. The summed E-state index contributed by atoms with van der Waals surface area (Å²) < 4.78 is 7.84. The van der Waals surface area contributed by atoms with E-state index in [0.717, 1.165) is 35.6 Å². The first-order chi connectivity index (χ1) is 12.8. The number of aromatic nitrogens is 3. The molecule has 26 heavy (non-hydrogen) atoms. The van der Waals surface area contributed by atoms with Crippen molar-refractivity contribution < 1.29 is 4.42 Å². The summed E-state index contributed by atoms with van der Waals surface area (Å²) >= 11 is 0. The maximum absolute atomic E-state index is 5.71. The minimum absolute atomic E-state index is 0.557. The average Bonchev–Trinajstić information content (AvgIpc) is 3.27. The molecule has 2 heterocycles. The van der Waals surface area contributed by atoms with Gasteiger partial charge in [0.05, 0.1) is 0 Å². The third-order valence-electron chi connectivity index (χ3n) is 4.11. The summed E-state index contributed by atoms with van der Waals surface area (Å²) in [5, 5.41) is 3.09. The Morgan fingerprint density at radius 1 is 1.12 bits per heavy atom. The third kappa shape index (κ3) is 3.52. The van der Waals surface area contributed by atoms with E-state index < -0.39 is 0 Å². The predicted octanol–water partition coefficient (Wildman–Crippen LogP) is 4.67. The van der Waals surface area contributed by atoms with E-state index in [1.54, 1.807) is 0 Å². The molecule has 2 aromatic heterocycles. The first-order valence-corrected chi connectivity index (χ1v) is 8.69. The number of nitrogens with zero attached hydrogens (tertiary/aromatic N) is 3. The van der Waals surface area contributed by atoms with Gasteiger partial charge < -0.3 is 14.3 Å². The SMILES string of the molecule is CCNc1nc2ccc(C=Cc3nccn3Cc3ccccc3)cc2o1. The lowest BCUT2D eigenvalue weighted by Gasteiger charge is -2.05. The van der Waals surface area contributed by atoms with E-state index >= 15 is 0 Å². The Morgan fingerprint density at radius 2 is 2.00 bits per heavy atom. The largest absolute Gasteiger partial charge is 0.424 e. The average molecular weight is 344 g/mol. The topological polar surface area (TPSA) is 55.9 Å². The number of anilines is 1. The summed E-state index contributed by atoms with van der Waals surface area (Å²) in [7, 11) is 0. The number of nitrogens with one attached hydrogen (secondary N) is 1. The van der Waals surface area contributed by atoms with Gasteiger partial charge in [-0.15, -0.1) is 0 Å². The minimum atomic E-state index is 0.557. The van der Waals surface area contributed by atoms with Crippen LogP contribution in [0.25, 0.3) is 23.3 Å². The van der Waals surface area contributed by atoms with Crippen LogP contribution in [0.1, 0.15) is 23.9 Å². The summed E-state index contributed by atoms with van der Waals surface area (Å²) in [6.07, 6.45) is 7.88. The normalized spacial score (nSPS) is 11.4. The fraction of sp³-hybridized carbons (Fsp3) is 0.143. The number of hydrogen-bond acceptors (Lipinski definition) is 4. The summed E-state index contributed by atoms with van der Waals surface area (Å²) in [6.45, 7) is 3.60. The van der Waals surface area contributed by atoms with Gasteiger partial charge in [0.2, 0.25) is 0 Å². The molecular weight excluding hydrogens is 324 g/mol. The molecule has 0 radical (unpaired) electrons. The van der Waals surface area contributed by atoms with Gasteiger partial charge in [0.25, 0.3) is 6.01 Å². The molecule has 0 saturated carbocycles. The summed E-state index contributed by atoms with van der Waals surface area (Å²) in [5.74, 6) is 0.917. The van der Waals surface area contributed by atoms with Crippen molar-refractivity contribution in [3.63, 3.8) is 0 Å². The highest BCUT2D eigenvalue weighted by atomic mass is 16.4. The van der Waals surface area contributed by atoms with Crippen molar-refractivity contribution in [1.29, 1.82) is 0 Å². The quantitative estimate of drug-likeness (QED) is 0.552. The summed E-state index contributed by atoms with van der Waals surface area (Å²) in [4.78, 5) is 8.84. The molecule has 0 saturated heterocycles. The van der Waals surface area contributed by atoms with Crippen molar-refractivity contribution in [1.82, 2.24) is 14.5 Å². The maximum atomic E-state index is 5.71. The fourth-order valence-electron chi connectivity index (χ4n) is 2.84. The van der Waals surface area contributed by atoms with E-state index in [2.05, 4.69) is 44.1 Å². The van der Waals surface area contributed by atoms with Crippen molar-refractivity contribution in [2.75, 3.05) is 11.9 Å². The molecule has 0 aliphatic carbocycles. The number of rotatable bonds is 6. The van der Waals surface area contributed by atoms with Crippen LogP contribution in [-0.2, 0) is 6.54 Å². The standard InChI is InChI=1S/C21H20N4O/c1-2-22-21-24-18-10-8-16(14-19(18)26-21)9-11-20-23-12-13-25(20)15-17-6-4-3-5-7-17/h3-14H,2,15H2,1H3,(H,22,24). The first kappa shape index (κ1) is 16.1. The Labute approximate surface area is 152 Å². The molecule has 0 unspecified atom stereocenters. The van der Waals surface area contributed by atoms with E-state index in [9.17, 15) is 0 Å². The van der Waals surface area contributed by atoms with Gasteiger partial charge >= 0.3 is 0 Å². The molecule has 0 aliphatic rings. The molecule has 0 atom stereocenters. The van der Waals surface area contributed by atoms with E-state index in [1.165, 1.54) is 5.56 Å². The second kappa shape index (κ2) is 7.27. The Bertz CT molecular complexity index is 1030. The maximum Gasteiger partial charge on any atom is 0.295 e. The molecule has 0 aliphatic heterocycles. The van der Waals surface area contributed by atoms with Gasteiger partial charge in [-0.05, 0) is 36.3 Å². The van der Waals surface area contributed by atoms with Crippen molar-refractivity contribution in [3.05, 3.63) is 77.9 Å². The predicted molar refractivity (Wildman–Crippen MR) is 105 cm³/mol. The van der Waals surface area contributed by atoms with Crippen LogP contribution in [0.5, 0.6) is 0 Å². The molecule has 130 valence electrons. The van der Waals surface area contributed by atoms with Crippen LogP contribution in [0.15, 0.2) is 65.3 Å². The Hall–Kier alpha value is -3.34. The van der Waals surface area contributed by atoms with Crippen LogP contribution < -0.4 is 5.32 Å². The van der Waals surface area contributed by atoms with Crippen LogP contribution in [0.2, 0.25) is 0 Å². The third-order valence-corrected chi connectivity index (χ3v) is 4.11. The lowest BCUT2D eigenvalue weighted by Crippen LogP contribution is -2.00.